The Morgan fingerprint density at radius 2 is 1.96 bits per heavy atom. The minimum atomic E-state index is -0.518. The summed E-state index contributed by atoms with van der Waals surface area (Å²) in [7, 11) is 0. The molecule has 0 aliphatic carbocycles. The number of hydrogen-bond acceptors (Lipinski definition) is 6. The van der Waals surface area contributed by atoms with Crippen LogP contribution in [0.3, 0.4) is 0 Å². The van der Waals surface area contributed by atoms with Gasteiger partial charge in [-0.3, -0.25) is 0 Å². The molecule has 7 nitrogen and oxygen atoms in total. The number of aromatic hydroxyl groups is 1. The number of phenolic OH excluding ortho intramolecular Hbond substituents is 1. The van der Waals surface area contributed by atoms with Crippen molar-refractivity contribution < 1.29 is 19.4 Å². The summed E-state index contributed by atoms with van der Waals surface area (Å²) in [6.07, 6.45) is 1.38. The second-order valence-corrected chi connectivity index (χ2v) is 5.85. The fourth-order valence-corrected chi connectivity index (χ4v) is 2.71. The quantitative estimate of drug-likeness (QED) is 0.646. The Balaban J connectivity index is 2.07. The summed E-state index contributed by atoms with van der Waals surface area (Å²) in [4.78, 5) is 16.7. The molecule has 0 saturated heterocycles. The third kappa shape index (κ3) is 3.73. The average molecular weight is 388 g/mol. The molecule has 8 heteroatoms. The Morgan fingerprint density at radius 1 is 1.19 bits per heavy atom. The van der Waals surface area contributed by atoms with Crippen LogP contribution < -0.4 is 4.74 Å². The number of para-hydroxylation sites is 1. The lowest BCUT2D eigenvalue weighted by Gasteiger charge is -2.11. The molecule has 0 fully saturated rings. The minimum absolute atomic E-state index is 0.0541. The number of phenols is 1. The summed E-state index contributed by atoms with van der Waals surface area (Å²) in [5.74, 6) is 0.0964. The van der Waals surface area contributed by atoms with Crippen LogP contribution in [0.2, 0.25) is 5.02 Å². The highest BCUT2D eigenvalue weighted by atomic mass is 35.5. The minimum Gasteiger partial charge on any atom is -0.506 e. The van der Waals surface area contributed by atoms with Crippen LogP contribution in [0.1, 0.15) is 24.2 Å². The Kier molecular flexibility index (Phi) is 5.61. The first-order chi connectivity index (χ1) is 13.1. The molecule has 0 amide bonds. The number of benzene rings is 1. The molecule has 2 aromatic heterocycles. The van der Waals surface area contributed by atoms with Gasteiger partial charge in [0.15, 0.2) is 5.82 Å². The Labute approximate surface area is 161 Å². The fraction of sp³-hybridized carbons (Fsp3) is 0.211. The number of nitrogens with zero attached hydrogens (tertiary/aromatic N) is 3. The maximum absolute atomic E-state index is 12.1. The van der Waals surface area contributed by atoms with Gasteiger partial charge in [0.2, 0.25) is 5.88 Å². The van der Waals surface area contributed by atoms with E-state index in [0.717, 1.165) is 0 Å². The van der Waals surface area contributed by atoms with Gasteiger partial charge in [-0.2, -0.15) is 9.78 Å². The van der Waals surface area contributed by atoms with Crippen LogP contribution in [0.5, 0.6) is 11.6 Å². The molecule has 0 unspecified atom stereocenters. The molecule has 0 bridgehead atoms. The van der Waals surface area contributed by atoms with E-state index < -0.39 is 5.97 Å². The summed E-state index contributed by atoms with van der Waals surface area (Å²) in [5, 5.41) is 14.7. The van der Waals surface area contributed by atoms with Crippen molar-refractivity contribution >= 4 is 17.6 Å². The zero-order valence-corrected chi connectivity index (χ0v) is 15.6. The van der Waals surface area contributed by atoms with E-state index in [2.05, 4.69) is 10.1 Å². The lowest BCUT2D eigenvalue weighted by molar-refractivity contribution is 0.0521. The number of aromatic nitrogens is 3. The smallest absolute Gasteiger partial charge is 0.345 e. The number of rotatable bonds is 6. The summed E-state index contributed by atoms with van der Waals surface area (Å²) >= 11 is 5.99. The highest BCUT2D eigenvalue weighted by Gasteiger charge is 2.22. The first-order valence-corrected chi connectivity index (χ1v) is 8.77. The number of hydrogen-bond donors (Lipinski definition) is 1. The van der Waals surface area contributed by atoms with Crippen LogP contribution in [-0.4, -0.2) is 39.1 Å². The van der Waals surface area contributed by atoms with Gasteiger partial charge in [0.25, 0.3) is 0 Å². The summed E-state index contributed by atoms with van der Waals surface area (Å²) in [5.41, 5.74) is 1.21. The molecule has 0 saturated carbocycles. The van der Waals surface area contributed by atoms with E-state index >= 15 is 0 Å². The second kappa shape index (κ2) is 8.09. The topological polar surface area (TPSA) is 86.5 Å². The van der Waals surface area contributed by atoms with Crippen LogP contribution in [-0.2, 0) is 4.74 Å². The molecule has 3 aromatic rings. The number of carbonyl (C=O) groups is 1. The normalized spacial score (nSPS) is 10.6. The number of carbonyl (C=O) groups excluding carboxylic acids is 1. The van der Waals surface area contributed by atoms with Crippen molar-refractivity contribution in [3.8, 4) is 28.7 Å². The monoisotopic (exact) mass is 387 g/mol. The van der Waals surface area contributed by atoms with Crippen molar-refractivity contribution in [3.63, 3.8) is 0 Å². The first-order valence-electron chi connectivity index (χ1n) is 8.40. The highest BCUT2D eigenvalue weighted by molar-refractivity contribution is 6.32. The molecule has 0 aliphatic heterocycles. The van der Waals surface area contributed by atoms with Gasteiger partial charge in [-0.1, -0.05) is 23.7 Å². The van der Waals surface area contributed by atoms with Gasteiger partial charge < -0.3 is 14.6 Å². The van der Waals surface area contributed by atoms with E-state index in [1.165, 1.54) is 10.9 Å². The Morgan fingerprint density at radius 3 is 2.70 bits per heavy atom. The van der Waals surface area contributed by atoms with Crippen molar-refractivity contribution in [2.45, 2.75) is 13.8 Å². The van der Waals surface area contributed by atoms with Crippen molar-refractivity contribution in [2.24, 2.45) is 0 Å². The maximum Gasteiger partial charge on any atom is 0.345 e. The van der Waals surface area contributed by atoms with Crippen LogP contribution in [0.4, 0.5) is 0 Å². The van der Waals surface area contributed by atoms with Crippen molar-refractivity contribution in [2.75, 3.05) is 13.2 Å². The standard InChI is InChI=1S/C19H18ClN3O4/c1-3-26-18-13(19(25)27-4-2)11-21-23(18)16-10-6-9-15(22-16)12-7-5-8-14(20)17(12)24/h5-11,24H,3-4H2,1-2H3. The molecule has 1 aromatic carbocycles. The Hall–Kier alpha value is -3.06. The van der Waals surface area contributed by atoms with Crippen molar-refractivity contribution in [3.05, 3.63) is 53.2 Å². The third-order valence-electron chi connectivity index (χ3n) is 3.72. The lowest BCUT2D eigenvalue weighted by Crippen LogP contribution is -2.09. The zero-order valence-electron chi connectivity index (χ0n) is 14.8. The molecule has 0 atom stereocenters. The predicted octanol–water partition coefficient (Wildman–Crippen LogP) is 3.87. The van der Waals surface area contributed by atoms with Crippen LogP contribution in [0.25, 0.3) is 17.1 Å². The SMILES string of the molecule is CCOC(=O)c1cnn(-c2cccc(-c3cccc(Cl)c3O)n2)c1OCC. The number of ether oxygens (including phenoxy) is 2. The predicted molar refractivity (Wildman–Crippen MR) is 101 cm³/mol. The van der Waals surface area contributed by atoms with Gasteiger partial charge in [-0.05, 0) is 38.1 Å². The molecular weight excluding hydrogens is 370 g/mol. The van der Waals surface area contributed by atoms with Crippen molar-refractivity contribution in [1.82, 2.24) is 14.8 Å². The van der Waals surface area contributed by atoms with E-state index in [4.69, 9.17) is 21.1 Å². The molecule has 3 rings (SSSR count). The van der Waals surface area contributed by atoms with Crippen molar-refractivity contribution in [1.29, 1.82) is 0 Å². The molecule has 140 valence electrons. The molecule has 0 radical (unpaired) electrons. The van der Waals surface area contributed by atoms with Gasteiger partial charge >= 0.3 is 5.97 Å². The van der Waals surface area contributed by atoms with Crippen LogP contribution >= 0.6 is 11.6 Å². The van der Waals surface area contributed by atoms with E-state index in [0.29, 0.717) is 23.7 Å². The zero-order chi connectivity index (χ0) is 19.4. The van der Waals surface area contributed by atoms with E-state index in [1.807, 2.05) is 0 Å². The van der Waals surface area contributed by atoms with Crippen LogP contribution in [0, 0.1) is 0 Å². The van der Waals surface area contributed by atoms with Crippen LogP contribution in [0.15, 0.2) is 42.6 Å². The summed E-state index contributed by atoms with van der Waals surface area (Å²) in [6.45, 7) is 4.12. The number of pyridine rings is 1. The van der Waals surface area contributed by atoms with Gasteiger partial charge in [0, 0.05) is 5.56 Å². The molecule has 27 heavy (non-hydrogen) atoms. The lowest BCUT2D eigenvalue weighted by atomic mass is 10.1. The molecule has 0 aliphatic rings. The molecule has 2 heterocycles. The first kappa shape index (κ1) is 18.7. The largest absolute Gasteiger partial charge is 0.506 e. The number of esters is 1. The summed E-state index contributed by atoms with van der Waals surface area (Å²) < 4.78 is 12.1. The summed E-state index contributed by atoms with van der Waals surface area (Å²) in [6, 6.07) is 10.3. The molecule has 1 N–H and O–H groups in total. The van der Waals surface area contributed by atoms with Gasteiger partial charge in [-0.25, -0.2) is 9.78 Å². The average Bonchev–Trinajstić information content (AvgIpc) is 3.08. The fourth-order valence-electron chi connectivity index (χ4n) is 2.54. The van der Waals surface area contributed by atoms with Gasteiger partial charge in [0.05, 0.1) is 30.1 Å². The van der Waals surface area contributed by atoms with Gasteiger partial charge in [-0.15, -0.1) is 0 Å². The van der Waals surface area contributed by atoms with E-state index in [9.17, 15) is 9.90 Å². The number of halogens is 1. The second-order valence-electron chi connectivity index (χ2n) is 5.45. The Bertz CT molecular complexity index is 971. The van der Waals surface area contributed by atoms with Gasteiger partial charge in [0.1, 0.15) is 11.3 Å². The highest BCUT2D eigenvalue weighted by Crippen LogP contribution is 2.34. The maximum atomic E-state index is 12.1. The third-order valence-corrected chi connectivity index (χ3v) is 4.02. The molecular formula is C19H18ClN3O4. The molecule has 0 spiro atoms. The van der Waals surface area contributed by atoms with E-state index in [1.54, 1.807) is 50.2 Å². The van der Waals surface area contributed by atoms with E-state index in [-0.39, 0.29) is 28.8 Å².